The van der Waals surface area contributed by atoms with Crippen molar-refractivity contribution >= 4 is 17.8 Å². The third-order valence-electron chi connectivity index (χ3n) is 2.78. The van der Waals surface area contributed by atoms with Gasteiger partial charge in [-0.1, -0.05) is 6.92 Å². The molecule has 116 valence electrons. The van der Waals surface area contributed by atoms with Crippen LogP contribution in [0.4, 0.5) is 0 Å². The lowest BCUT2D eigenvalue weighted by molar-refractivity contribution is -0.141. The second kappa shape index (κ2) is 11.2. The molecule has 0 aromatic rings. The summed E-state index contributed by atoms with van der Waals surface area (Å²) < 4.78 is 9.05. The SMILES string of the molecule is CCN(CCC(=O)OC)CC(=O)NCCCC(=O)OC. The Hall–Kier alpha value is -1.63. The van der Waals surface area contributed by atoms with Crippen molar-refractivity contribution in [2.24, 2.45) is 0 Å². The second-order valence-corrected chi connectivity index (χ2v) is 4.22. The quantitative estimate of drug-likeness (QED) is 0.448. The lowest BCUT2D eigenvalue weighted by Crippen LogP contribution is -2.38. The van der Waals surface area contributed by atoms with Gasteiger partial charge in [0.15, 0.2) is 0 Å². The molecule has 0 aromatic heterocycles. The summed E-state index contributed by atoms with van der Waals surface area (Å²) in [6.45, 7) is 3.74. The van der Waals surface area contributed by atoms with E-state index in [9.17, 15) is 14.4 Å². The molecule has 0 aliphatic carbocycles. The molecule has 7 nitrogen and oxygen atoms in total. The minimum atomic E-state index is -0.290. The van der Waals surface area contributed by atoms with Gasteiger partial charge in [-0.3, -0.25) is 19.3 Å². The summed E-state index contributed by atoms with van der Waals surface area (Å²) in [5, 5.41) is 2.72. The van der Waals surface area contributed by atoms with Gasteiger partial charge in [0.1, 0.15) is 0 Å². The molecule has 0 rings (SSSR count). The molecule has 0 saturated carbocycles. The summed E-state index contributed by atoms with van der Waals surface area (Å²) in [6.07, 6.45) is 1.10. The van der Waals surface area contributed by atoms with E-state index in [1.54, 1.807) is 0 Å². The van der Waals surface area contributed by atoms with Gasteiger partial charge in [-0.05, 0) is 13.0 Å². The van der Waals surface area contributed by atoms with Gasteiger partial charge in [0.05, 0.1) is 27.2 Å². The van der Waals surface area contributed by atoms with Gasteiger partial charge in [-0.15, -0.1) is 0 Å². The van der Waals surface area contributed by atoms with E-state index >= 15 is 0 Å². The fraction of sp³-hybridized carbons (Fsp3) is 0.769. The van der Waals surface area contributed by atoms with E-state index in [-0.39, 0.29) is 37.2 Å². The van der Waals surface area contributed by atoms with E-state index in [0.717, 1.165) is 0 Å². The Morgan fingerprint density at radius 2 is 1.65 bits per heavy atom. The zero-order valence-corrected chi connectivity index (χ0v) is 12.4. The van der Waals surface area contributed by atoms with Crippen LogP contribution in [0.25, 0.3) is 0 Å². The van der Waals surface area contributed by atoms with Crippen molar-refractivity contribution in [3.8, 4) is 0 Å². The molecule has 1 N–H and O–H groups in total. The molecule has 0 aliphatic heterocycles. The number of nitrogens with zero attached hydrogens (tertiary/aromatic N) is 1. The first-order valence-electron chi connectivity index (χ1n) is 6.66. The summed E-state index contributed by atoms with van der Waals surface area (Å²) in [4.78, 5) is 35.4. The molecule has 0 bridgehead atoms. The Kier molecular flexibility index (Phi) is 10.3. The van der Waals surface area contributed by atoms with Crippen molar-refractivity contribution < 1.29 is 23.9 Å². The number of esters is 2. The number of carbonyl (C=O) groups excluding carboxylic acids is 3. The molecule has 0 aromatic carbocycles. The molecule has 0 spiro atoms. The van der Waals surface area contributed by atoms with E-state index in [4.69, 9.17) is 0 Å². The highest BCUT2D eigenvalue weighted by Gasteiger charge is 2.11. The highest BCUT2D eigenvalue weighted by molar-refractivity contribution is 5.78. The zero-order valence-electron chi connectivity index (χ0n) is 12.4. The fourth-order valence-corrected chi connectivity index (χ4v) is 1.52. The number of amides is 1. The molecule has 0 radical (unpaired) electrons. The van der Waals surface area contributed by atoms with Crippen LogP contribution < -0.4 is 5.32 Å². The van der Waals surface area contributed by atoms with Crippen LogP contribution in [0.15, 0.2) is 0 Å². The summed E-state index contributed by atoms with van der Waals surface area (Å²) in [7, 11) is 2.67. The van der Waals surface area contributed by atoms with E-state index in [1.165, 1.54) is 14.2 Å². The predicted octanol–water partition coefficient (Wildman–Crippen LogP) is -0.0592. The van der Waals surface area contributed by atoms with Gasteiger partial charge in [0, 0.05) is 19.5 Å². The van der Waals surface area contributed by atoms with Gasteiger partial charge in [-0.2, -0.15) is 0 Å². The van der Waals surface area contributed by atoms with Crippen molar-refractivity contribution in [2.45, 2.75) is 26.2 Å². The maximum Gasteiger partial charge on any atom is 0.306 e. The molecule has 0 unspecified atom stereocenters. The van der Waals surface area contributed by atoms with Crippen molar-refractivity contribution in [1.82, 2.24) is 10.2 Å². The Labute approximate surface area is 119 Å². The maximum atomic E-state index is 11.7. The Morgan fingerprint density at radius 3 is 2.20 bits per heavy atom. The lowest BCUT2D eigenvalue weighted by atomic mass is 10.3. The minimum absolute atomic E-state index is 0.124. The van der Waals surface area contributed by atoms with Crippen LogP contribution in [0, 0.1) is 0 Å². The Morgan fingerprint density at radius 1 is 1.05 bits per heavy atom. The highest BCUT2D eigenvalue weighted by atomic mass is 16.5. The number of carbonyl (C=O) groups is 3. The maximum absolute atomic E-state index is 11.7. The number of ether oxygens (including phenoxy) is 2. The van der Waals surface area contributed by atoms with Gasteiger partial charge in [-0.25, -0.2) is 0 Å². The van der Waals surface area contributed by atoms with Crippen molar-refractivity contribution in [1.29, 1.82) is 0 Å². The molecule has 20 heavy (non-hydrogen) atoms. The Balaban J connectivity index is 3.80. The molecule has 0 heterocycles. The van der Waals surface area contributed by atoms with Crippen LogP contribution in [0.1, 0.15) is 26.2 Å². The van der Waals surface area contributed by atoms with Gasteiger partial charge >= 0.3 is 11.9 Å². The number of hydrogen-bond donors (Lipinski definition) is 1. The molecular weight excluding hydrogens is 264 g/mol. The average Bonchev–Trinajstić information content (AvgIpc) is 2.46. The Bertz CT molecular complexity index is 320. The minimum Gasteiger partial charge on any atom is -0.469 e. The predicted molar refractivity (Wildman–Crippen MR) is 73.0 cm³/mol. The lowest BCUT2D eigenvalue weighted by Gasteiger charge is -2.19. The third kappa shape index (κ3) is 9.32. The summed E-state index contributed by atoms with van der Waals surface area (Å²) >= 11 is 0. The van der Waals surface area contributed by atoms with Crippen molar-refractivity contribution in [3.05, 3.63) is 0 Å². The first-order valence-corrected chi connectivity index (χ1v) is 6.66. The fourth-order valence-electron chi connectivity index (χ4n) is 1.52. The number of hydrogen-bond acceptors (Lipinski definition) is 6. The standard InChI is InChI=1S/C13H24N2O5/c1-4-15(9-7-13(18)20-3)10-11(16)14-8-5-6-12(17)19-2/h4-10H2,1-3H3,(H,14,16). The average molecular weight is 288 g/mol. The van der Waals surface area contributed by atoms with Crippen LogP contribution >= 0.6 is 0 Å². The first-order chi connectivity index (χ1) is 9.53. The molecule has 0 atom stereocenters. The summed E-state index contributed by atoms with van der Waals surface area (Å²) in [5.74, 6) is -0.698. The van der Waals surface area contributed by atoms with Crippen LogP contribution in [-0.4, -0.2) is 63.1 Å². The van der Waals surface area contributed by atoms with E-state index in [0.29, 0.717) is 26.1 Å². The van der Waals surface area contributed by atoms with Crippen molar-refractivity contribution in [3.63, 3.8) is 0 Å². The molecular formula is C13H24N2O5. The van der Waals surface area contributed by atoms with Crippen LogP contribution in [0.3, 0.4) is 0 Å². The molecule has 0 aliphatic rings. The third-order valence-corrected chi connectivity index (χ3v) is 2.78. The van der Waals surface area contributed by atoms with Crippen LogP contribution in [-0.2, 0) is 23.9 Å². The van der Waals surface area contributed by atoms with E-state index < -0.39 is 0 Å². The molecule has 1 amide bonds. The topological polar surface area (TPSA) is 84.9 Å². The second-order valence-electron chi connectivity index (χ2n) is 4.22. The van der Waals surface area contributed by atoms with Gasteiger partial charge in [0.2, 0.25) is 5.91 Å². The zero-order chi connectivity index (χ0) is 15.4. The summed E-state index contributed by atoms with van der Waals surface area (Å²) in [6, 6.07) is 0. The number of rotatable bonds is 10. The molecule has 0 saturated heterocycles. The monoisotopic (exact) mass is 288 g/mol. The number of methoxy groups -OCH3 is 2. The molecule has 0 fully saturated rings. The normalized spacial score (nSPS) is 10.2. The highest BCUT2D eigenvalue weighted by Crippen LogP contribution is 1.94. The van der Waals surface area contributed by atoms with Gasteiger partial charge in [0.25, 0.3) is 0 Å². The molecule has 7 heteroatoms. The van der Waals surface area contributed by atoms with E-state index in [2.05, 4.69) is 14.8 Å². The largest absolute Gasteiger partial charge is 0.469 e. The first kappa shape index (κ1) is 18.4. The van der Waals surface area contributed by atoms with Crippen LogP contribution in [0.2, 0.25) is 0 Å². The van der Waals surface area contributed by atoms with Crippen molar-refractivity contribution in [2.75, 3.05) is 40.4 Å². The van der Waals surface area contributed by atoms with Gasteiger partial charge < -0.3 is 14.8 Å². The smallest absolute Gasteiger partial charge is 0.306 e. The number of likely N-dealkylation sites (N-methyl/N-ethyl adjacent to an activating group) is 1. The van der Waals surface area contributed by atoms with Crippen LogP contribution in [0.5, 0.6) is 0 Å². The number of nitrogens with one attached hydrogen (secondary N) is 1. The summed E-state index contributed by atoms with van der Waals surface area (Å²) in [5.41, 5.74) is 0. The van der Waals surface area contributed by atoms with E-state index in [1.807, 2.05) is 11.8 Å².